The molecule has 1 N–H and O–H groups in total. The second-order valence-corrected chi connectivity index (χ2v) is 15.6. The predicted molar refractivity (Wildman–Crippen MR) is 172 cm³/mol. The normalized spacial score (nSPS) is 28.2. The fraction of sp³-hybridized carbons (Fsp3) is 0.543. The molecule has 0 radical (unpaired) electrons. The van der Waals surface area contributed by atoms with Crippen LogP contribution in [0.3, 0.4) is 0 Å². The van der Waals surface area contributed by atoms with E-state index in [1.165, 1.54) is 6.42 Å². The molecule has 10 heteroatoms. The van der Waals surface area contributed by atoms with E-state index in [1.54, 1.807) is 26.0 Å². The van der Waals surface area contributed by atoms with Crippen molar-refractivity contribution in [3.8, 4) is 11.1 Å². The SMILES string of the molecule is CCCCC12CN1C1(CC3CC3C1)C(=O)N2Cc1ccc(-c2ccccc2S(=O)(=O)Nc2noc(C)c2C)c(COC(C)C)c1. The first-order chi connectivity index (χ1) is 21.5. The molecule has 4 fully saturated rings. The fourth-order valence-corrected chi connectivity index (χ4v) is 9.20. The Bertz CT molecular complexity index is 1740. The monoisotopic (exact) mass is 632 g/mol. The minimum absolute atomic E-state index is 0.00770. The number of sulfonamides is 1. The van der Waals surface area contributed by atoms with E-state index in [-0.39, 0.29) is 28.0 Å². The molecule has 1 amide bonds. The van der Waals surface area contributed by atoms with Gasteiger partial charge in [0.25, 0.3) is 10.0 Å². The van der Waals surface area contributed by atoms with E-state index in [9.17, 15) is 13.2 Å². The van der Waals surface area contributed by atoms with E-state index in [2.05, 4.69) is 32.7 Å². The molecule has 4 unspecified atom stereocenters. The van der Waals surface area contributed by atoms with E-state index in [0.717, 1.165) is 67.2 Å². The summed E-state index contributed by atoms with van der Waals surface area (Å²) in [6, 6.07) is 13.1. The molecule has 4 atom stereocenters. The summed E-state index contributed by atoms with van der Waals surface area (Å²) in [5, 5.41) is 3.91. The summed E-state index contributed by atoms with van der Waals surface area (Å²) < 4.78 is 41.3. The molecule has 45 heavy (non-hydrogen) atoms. The number of aromatic nitrogens is 1. The molecule has 3 aromatic rings. The predicted octanol–water partition coefficient (Wildman–Crippen LogP) is 6.40. The van der Waals surface area contributed by atoms with Gasteiger partial charge in [-0.15, -0.1) is 0 Å². The number of piperazine rings is 1. The van der Waals surface area contributed by atoms with Gasteiger partial charge in [0.2, 0.25) is 5.91 Å². The number of fused-ring (bicyclic) bond motifs is 3. The summed E-state index contributed by atoms with van der Waals surface area (Å²) in [4.78, 5) is 19.1. The summed E-state index contributed by atoms with van der Waals surface area (Å²) >= 11 is 0. The second-order valence-electron chi connectivity index (χ2n) is 13.9. The van der Waals surface area contributed by atoms with Crippen LogP contribution in [0.25, 0.3) is 11.1 Å². The van der Waals surface area contributed by atoms with Crippen molar-refractivity contribution in [2.45, 2.75) is 108 Å². The Hall–Kier alpha value is -3.21. The minimum Gasteiger partial charge on any atom is -0.374 e. The van der Waals surface area contributed by atoms with Gasteiger partial charge in [0.1, 0.15) is 17.0 Å². The third-order valence-electron chi connectivity index (χ3n) is 10.6. The van der Waals surface area contributed by atoms with Crippen molar-refractivity contribution in [1.29, 1.82) is 0 Å². The standard InChI is InChI=1S/C35H44N4O5S/c1-6-7-14-35-21-39(35)34(17-26-16-27(26)18-34)33(40)38(35)19-25-12-13-29(28(15-25)20-43-22(2)3)30-10-8-9-11-31(30)45(41,42)37-32-23(4)24(5)44-36-32/h8-13,15,22,26-27H,6-7,14,16-21H2,1-5H3,(H,36,37). The van der Waals surface area contributed by atoms with Crippen LogP contribution in [0.2, 0.25) is 0 Å². The van der Waals surface area contributed by atoms with E-state index in [1.807, 2.05) is 38.1 Å². The van der Waals surface area contributed by atoms with Gasteiger partial charge in [-0.1, -0.05) is 54.9 Å². The Balaban J connectivity index is 1.22. The number of ether oxygens (including phenoxy) is 1. The Morgan fingerprint density at radius 3 is 2.56 bits per heavy atom. The maximum atomic E-state index is 14.2. The highest BCUT2D eigenvalue weighted by Gasteiger charge is 2.77. The number of nitrogens with zero attached hydrogens (tertiary/aromatic N) is 3. The molecule has 1 aromatic heterocycles. The van der Waals surface area contributed by atoms with Crippen molar-refractivity contribution in [3.05, 3.63) is 64.9 Å². The van der Waals surface area contributed by atoms with E-state index in [0.29, 0.717) is 35.9 Å². The van der Waals surface area contributed by atoms with Gasteiger partial charge in [0, 0.05) is 24.2 Å². The number of anilines is 1. The molecule has 2 saturated heterocycles. The molecule has 2 saturated carbocycles. The number of hydrogen-bond acceptors (Lipinski definition) is 7. The van der Waals surface area contributed by atoms with Gasteiger partial charge in [-0.05, 0) is 94.4 Å². The smallest absolute Gasteiger partial charge is 0.263 e. The number of nitrogens with one attached hydrogen (secondary N) is 1. The molecule has 2 aliphatic heterocycles. The lowest BCUT2D eigenvalue weighted by atomic mass is 9.92. The van der Waals surface area contributed by atoms with E-state index >= 15 is 0 Å². The first kappa shape index (κ1) is 30.4. The summed E-state index contributed by atoms with van der Waals surface area (Å²) in [6.45, 7) is 11.5. The molecule has 2 aliphatic carbocycles. The third-order valence-corrected chi connectivity index (χ3v) is 12.0. The van der Waals surface area contributed by atoms with E-state index in [4.69, 9.17) is 9.26 Å². The molecule has 240 valence electrons. The van der Waals surface area contributed by atoms with Crippen LogP contribution < -0.4 is 4.72 Å². The van der Waals surface area contributed by atoms with Crippen molar-refractivity contribution in [2.24, 2.45) is 11.8 Å². The molecular weight excluding hydrogens is 588 g/mol. The van der Waals surface area contributed by atoms with Crippen molar-refractivity contribution >= 4 is 21.7 Å². The topological polar surface area (TPSA) is 105 Å². The average Bonchev–Trinajstić information content (AvgIpc) is 3.87. The van der Waals surface area contributed by atoms with Crippen LogP contribution in [-0.2, 0) is 32.7 Å². The van der Waals surface area contributed by atoms with Crippen LogP contribution in [0.15, 0.2) is 51.9 Å². The summed E-state index contributed by atoms with van der Waals surface area (Å²) in [5.41, 5.74) is 3.45. The van der Waals surface area contributed by atoms with E-state index < -0.39 is 10.0 Å². The van der Waals surface area contributed by atoms with Gasteiger partial charge in [0.05, 0.1) is 17.6 Å². The van der Waals surface area contributed by atoms with Crippen molar-refractivity contribution in [2.75, 3.05) is 11.3 Å². The minimum atomic E-state index is -3.99. The Morgan fingerprint density at radius 2 is 1.87 bits per heavy atom. The Kier molecular flexibility index (Phi) is 7.41. The number of carbonyl (C=O) groups excluding carboxylic acids is 1. The molecule has 0 bridgehead atoms. The van der Waals surface area contributed by atoms with Gasteiger partial charge < -0.3 is 14.2 Å². The number of carbonyl (C=O) groups is 1. The second kappa shape index (κ2) is 11.0. The Morgan fingerprint density at radius 1 is 1.11 bits per heavy atom. The van der Waals surface area contributed by atoms with Crippen molar-refractivity contribution < 1.29 is 22.5 Å². The highest BCUT2D eigenvalue weighted by molar-refractivity contribution is 7.92. The zero-order valence-corrected chi connectivity index (χ0v) is 27.7. The van der Waals surface area contributed by atoms with Crippen LogP contribution in [0.1, 0.15) is 81.7 Å². The summed E-state index contributed by atoms with van der Waals surface area (Å²) in [5.74, 6) is 2.49. The number of unbranched alkanes of at least 4 members (excludes halogenated alkanes) is 1. The molecule has 7 rings (SSSR count). The summed E-state index contributed by atoms with van der Waals surface area (Å²) in [7, 11) is -3.99. The fourth-order valence-electron chi connectivity index (χ4n) is 7.92. The van der Waals surface area contributed by atoms with Crippen molar-refractivity contribution in [1.82, 2.24) is 15.0 Å². The van der Waals surface area contributed by atoms with Crippen LogP contribution in [0.4, 0.5) is 5.82 Å². The first-order valence-corrected chi connectivity index (χ1v) is 17.9. The van der Waals surface area contributed by atoms with Gasteiger partial charge >= 0.3 is 0 Å². The highest BCUT2D eigenvalue weighted by atomic mass is 32.2. The van der Waals surface area contributed by atoms with Gasteiger partial charge in [-0.3, -0.25) is 14.4 Å². The van der Waals surface area contributed by atoms with Crippen LogP contribution in [0.5, 0.6) is 0 Å². The highest BCUT2D eigenvalue weighted by Crippen LogP contribution is 2.66. The lowest BCUT2D eigenvalue weighted by molar-refractivity contribution is -0.137. The number of rotatable bonds is 12. The van der Waals surface area contributed by atoms with Crippen LogP contribution >= 0.6 is 0 Å². The molecule has 4 aliphatic rings. The molecule has 2 aromatic carbocycles. The molecule has 3 heterocycles. The van der Waals surface area contributed by atoms with Gasteiger partial charge in [-0.2, -0.15) is 0 Å². The number of hydrogen-bond donors (Lipinski definition) is 1. The van der Waals surface area contributed by atoms with Gasteiger partial charge in [0.15, 0.2) is 5.82 Å². The lowest BCUT2D eigenvalue weighted by Crippen LogP contribution is -2.47. The largest absolute Gasteiger partial charge is 0.374 e. The first-order valence-electron chi connectivity index (χ1n) is 16.4. The maximum absolute atomic E-state index is 14.2. The zero-order chi connectivity index (χ0) is 31.7. The number of benzene rings is 2. The molecule has 9 nitrogen and oxygen atoms in total. The Labute approximate surface area is 266 Å². The van der Waals surface area contributed by atoms with Crippen LogP contribution in [0, 0.1) is 25.7 Å². The quantitative estimate of drug-likeness (QED) is 0.231. The van der Waals surface area contributed by atoms with Crippen LogP contribution in [-0.4, -0.2) is 53.1 Å². The lowest BCUT2D eigenvalue weighted by Gasteiger charge is -2.30. The average molecular weight is 633 g/mol. The molecular formula is C35H44N4O5S. The van der Waals surface area contributed by atoms with Crippen molar-refractivity contribution in [3.63, 3.8) is 0 Å². The third kappa shape index (κ3) is 5.09. The number of aryl methyl sites for hydroxylation is 1. The maximum Gasteiger partial charge on any atom is 0.263 e. The number of amides is 1. The molecule has 1 spiro atoms. The zero-order valence-electron chi connectivity index (χ0n) is 26.9. The van der Waals surface area contributed by atoms with Gasteiger partial charge in [-0.25, -0.2) is 8.42 Å². The summed E-state index contributed by atoms with van der Waals surface area (Å²) in [6.07, 6.45) is 6.52.